The molecule has 0 atom stereocenters. The molecule has 0 saturated carbocycles. The fourth-order valence-electron chi connectivity index (χ4n) is 2.40. The van der Waals surface area contributed by atoms with Gasteiger partial charge in [-0.15, -0.1) is 0 Å². The third-order valence-corrected chi connectivity index (χ3v) is 3.82. The third kappa shape index (κ3) is 7.06. The quantitative estimate of drug-likeness (QED) is 0.680. The molecule has 2 N–H and O–H groups in total. The van der Waals surface area contributed by atoms with Crippen molar-refractivity contribution in [3.63, 3.8) is 0 Å². The van der Waals surface area contributed by atoms with Gasteiger partial charge in [0.15, 0.2) is 6.61 Å². The summed E-state index contributed by atoms with van der Waals surface area (Å²) in [6.45, 7) is -0.269. The van der Waals surface area contributed by atoms with Gasteiger partial charge in [0, 0.05) is 13.6 Å². The summed E-state index contributed by atoms with van der Waals surface area (Å²) in [5.41, 5.74) is 1.35. The number of aliphatic carboxylic acids is 1. The van der Waals surface area contributed by atoms with E-state index in [4.69, 9.17) is 9.84 Å². The molecule has 0 aliphatic heterocycles. The molecule has 2 aromatic rings. The van der Waals surface area contributed by atoms with E-state index in [0.29, 0.717) is 17.9 Å². The van der Waals surface area contributed by atoms with Crippen LogP contribution in [-0.2, 0) is 27.3 Å². The van der Waals surface area contributed by atoms with Crippen LogP contribution in [0.15, 0.2) is 48.5 Å². The number of halogens is 1. The highest BCUT2D eigenvalue weighted by Crippen LogP contribution is 2.13. The van der Waals surface area contributed by atoms with E-state index in [9.17, 15) is 18.8 Å². The molecule has 7 nitrogen and oxygen atoms in total. The number of rotatable bonds is 9. The summed E-state index contributed by atoms with van der Waals surface area (Å²) in [5.74, 6) is -1.70. The zero-order chi connectivity index (χ0) is 20.5. The third-order valence-electron chi connectivity index (χ3n) is 3.82. The number of hydrogen-bond donors (Lipinski definition) is 2. The van der Waals surface area contributed by atoms with Crippen LogP contribution in [0.4, 0.5) is 4.39 Å². The summed E-state index contributed by atoms with van der Waals surface area (Å²) >= 11 is 0. The predicted octanol–water partition coefficient (Wildman–Crippen LogP) is 1.61. The van der Waals surface area contributed by atoms with Crippen LogP contribution in [-0.4, -0.2) is 48.0 Å². The topological polar surface area (TPSA) is 95.9 Å². The molecule has 0 heterocycles. The van der Waals surface area contributed by atoms with E-state index in [1.165, 1.54) is 23.1 Å². The number of carboxylic acid groups (broad SMARTS) is 1. The maximum absolute atomic E-state index is 13.1. The molecule has 148 valence electrons. The molecular formula is C20H21FN2O5. The lowest BCUT2D eigenvalue weighted by atomic mass is 10.1. The lowest BCUT2D eigenvalue weighted by molar-refractivity contribution is -0.139. The van der Waals surface area contributed by atoms with E-state index < -0.39 is 18.4 Å². The van der Waals surface area contributed by atoms with Gasteiger partial charge < -0.3 is 20.1 Å². The fourth-order valence-corrected chi connectivity index (χ4v) is 2.40. The number of carbonyl (C=O) groups is 3. The van der Waals surface area contributed by atoms with Crippen LogP contribution in [0.3, 0.4) is 0 Å². The second-order valence-electron chi connectivity index (χ2n) is 6.16. The maximum atomic E-state index is 13.1. The predicted molar refractivity (Wildman–Crippen MR) is 99.2 cm³/mol. The molecule has 2 aromatic carbocycles. The Morgan fingerprint density at radius 1 is 1.11 bits per heavy atom. The first-order valence-corrected chi connectivity index (χ1v) is 8.52. The van der Waals surface area contributed by atoms with E-state index in [0.717, 1.165) is 5.56 Å². The Labute approximate surface area is 161 Å². The number of likely N-dealkylation sites (N-methyl/N-ethyl adjacent to an activating group) is 1. The van der Waals surface area contributed by atoms with E-state index in [1.807, 2.05) is 0 Å². The zero-order valence-corrected chi connectivity index (χ0v) is 15.4. The molecule has 0 aliphatic rings. The van der Waals surface area contributed by atoms with Gasteiger partial charge in [-0.1, -0.05) is 24.3 Å². The second kappa shape index (κ2) is 10.1. The Balaban J connectivity index is 1.77. The van der Waals surface area contributed by atoms with Gasteiger partial charge in [0.25, 0.3) is 0 Å². The second-order valence-corrected chi connectivity index (χ2v) is 6.16. The Hall–Kier alpha value is -3.42. The molecule has 0 saturated heterocycles. The van der Waals surface area contributed by atoms with Crippen molar-refractivity contribution in [2.45, 2.75) is 13.0 Å². The van der Waals surface area contributed by atoms with Crippen molar-refractivity contribution in [3.8, 4) is 5.75 Å². The summed E-state index contributed by atoms with van der Waals surface area (Å²) in [5, 5.41) is 11.1. The Morgan fingerprint density at radius 3 is 2.46 bits per heavy atom. The largest absolute Gasteiger partial charge is 0.482 e. The van der Waals surface area contributed by atoms with Crippen LogP contribution >= 0.6 is 0 Å². The number of nitrogens with zero attached hydrogens (tertiary/aromatic N) is 1. The van der Waals surface area contributed by atoms with Crippen LogP contribution in [0.2, 0.25) is 0 Å². The van der Waals surface area contributed by atoms with Gasteiger partial charge in [-0.3, -0.25) is 9.59 Å². The number of nitrogens with one attached hydrogen (secondary N) is 1. The normalized spacial score (nSPS) is 10.2. The number of carboxylic acids is 1. The average Bonchev–Trinajstić information content (AvgIpc) is 2.65. The van der Waals surface area contributed by atoms with E-state index in [-0.39, 0.29) is 24.8 Å². The maximum Gasteiger partial charge on any atom is 0.341 e. The summed E-state index contributed by atoms with van der Waals surface area (Å²) < 4.78 is 18.2. The van der Waals surface area contributed by atoms with Crippen molar-refractivity contribution in [1.29, 1.82) is 0 Å². The number of amides is 2. The van der Waals surface area contributed by atoms with Crippen molar-refractivity contribution in [2.75, 3.05) is 20.2 Å². The number of benzene rings is 2. The van der Waals surface area contributed by atoms with Gasteiger partial charge in [0.1, 0.15) is 11.6 Å². The van der Waals surface area contributed by atoms with Crippen molar-refractivity contribution in [1.82, 2.24) is 10.2 Å². The van der Waals surface area contributed by atoms with Gasteiger partial charge >= 0.3 is 5.97 Å². The summed E-state index contributed by atoms with van der Waals surface area (Å²) in [4.78, 5) is 36.0. The van der Waals surface area contributed by atoms with Crippen molar-refractivity contribution in [3.05, 3.63) is 65.5 Å². The summed E-state index contributed by atoms with van der Waals surface area (Å²) in [6.07, 6.45) is -0.00738. The monoisotopic (exact) mass is 388 g/mol. The summed E-state index contributed by atoms with van der Waals surface area (Å²) in [6, 6.07) is 12.4. The minimum Gasteiger partial charge on any atom is -0.482 e. The number of carbonyl (C=O) groups excluding carboxylic acids is 2. The van der Waals surface area contributed by atoms with Crippen molar-refractivity contribution < 1.29 is 28.6 Å². The van der Waals surface area contributed by atoms with Crippen LogP contribution < -0.4 is 10.1 Å². The van der Waals surface area contributed by atoms with Crippen LogP contribution in [0.25, 0.3) is 0 Å². The first-order valence-electron chi connectivity index (χ1n) is 8.52. The summed E-state index contributed by atoms with van der Waals surface area (Å²) in [7, 11) is 1.61. The molecule has 0 bridgehead atoms. The first kappa shape index (κ1) is 20.9. The molecule has 0 fully saturated rings. The molecule has 2 rings (SSSR count). The molecular weight excluding hydrogens is 367 g/mol. The fraction of sp³-hybridized carbons (Fsp3) is 0.250. The minimum atomic E-state index is -1.06. The standard InChI is InChI=1S/C20H21FN2O5/c1-23(12-14-5-7-17(8-6-14)28-13-20(26)27)19(25)11-22-18(24)10-15-3-2-4-16(21)9-15/h2-9H,10-13H2,1H3,(H,22,24)(H,26,27). The molecule has 0 aromatic heterocycles. The van der Waals surface area contributed by atoms with E-state index in [1.54, 1.807) is 37.4 Å². The molecule has 0 spiro atoms. The van der Waals surface area contributed by atoms with Gasteiger partial charge in [0.05, 0.1) is 13.0 Å². The zero-order valence-electron chi connectivity index (χ0n) is 15.4. The lowest BCUT2D eigenvalue weighted by Crippen LogP contribution is -2.38. The highest BCUT2D eigenvalue weighted by atomic mass is 19.1. The molecule has 0 aliphatic carbocycles. The molecule has 0 unspecified atom stereocenters. The van der Waals surface area contributed by atoms with Gasteiger partial charge in [-0.25, -0.2) is 9.18 Å². The van der Waals surface area contributed by atoms with E-state index >= 15 is 0 Å². The van der Waals surface area contributed by atoms with Crippen LogP contribution in [0, 0.1) is 5.82 Å². The number of hydrogen-bond acceptors (Lipinski definition) is 4. The average molecular weight is 388 g/mol. The lowest BCUT2D eigenvalue weighted by Gasteiger charge is -2.18. The Kier molecular flexibility index (Phi) is 7.50. The van der Waals surface area contributed by atoms with Gasteiger partial charge in [-0.05, 0) is 35.4 Å². The number of ether oxygens (including phenoxy) is 1. The van der Waals surface area contributed by atoms with Gasteiger partial charge in [0.2, 0.25) is 11.8 Å². The smallest absolute Gasteiger partial charge is 0.341 e. The van der Waals surface area contributed by atoms with Crippen molar-refractivity contribution >= 4 is 17.8 Å². The highest BCUT2D eigenvalue weighted by Gasteiger charge is 2.12. The molecule has 0 radical (unpaired) electrons. The van der Waals surface area contributed by atoms with Crippen LogP contribution in [0.1, 0.15) is 11.1 Å². The Morgan fingerprint density at radius 2 is 1.82 bits per heavy atom. The molecule has 2 amide bonds. The van der Waals surface area contributed by atoms with Crippen molar-refractivity contribution in [2.24, 2.45) is 0 Å². The Bertz CT molecular complexity index is 839. The van der Waals surface area contributed by atoms with E-state index in [2.05, 4.69) is 5.32 Å². The van der Waals surface area contributed by atoms with Crippen LogP contribution in [0.5, 0.6) is 5.75 Å². The first-order chi connectivity index (χ1) is 13.3. The van der Waals surface area contributed by atoms with Gasteiger partial charge in [-0.2, -0.15) is 0 Å². The molecule has 28 heavy (non-hydrogen) atoms. The molecule has 8 heteroatoms. The SMILES string of the molecule is CN(Cc1ccc(OCC(=O)O)cc1)C(=O)CNC(=O)Cc1cccc(F)c1. The minimum absolute atomic E-state index is 0.00738. The highest BCUT2D eigenvalue weighted by molar-refractivity contribution is 5.85.